The van der Waals surface area contributed by atoms with Crippen LogP contribution in [0, 0.1) is 5.92 Å². The van der Waals surface area contributed by atoms with Gasteiger partial charge in [0.25, 0.3) is 5.91 Å². The van der Waals surface area contributed by atoms with Crippen LogP contribution in [0.1, 0.15) is 40.4 Å². The monoisotopic (exact) mass is 412 g/mol. The van der Waals surface area contributed by atoms with Gasteiger partial charge in [-0.1, -0.05) is 30.1 Å². The van der Waals surface area contributed by atoms with Crippen molar-refractivity contribution in [1.29, 1.82) is 0 Å². The van der Waals surface area contributed by atoms with Crippen LogP contribution in [0.25, 0.3) is 0 Å². The number of pyridine rings is 1. The lowest BCUT2D eigenvalue weighted by Crippen LogP contribution is -2.30. The van der Waals surface area contributed by atoms with E-state index in [0.717, 1.165) is 19.3 Å². The number of halogens is 2. The zero-order chi connectivity index (χ0) is 18.8. The average molecular weight is 413 g/mol. The number of thiophene rings is 1. The molecule has 0 fully saturated rings. The van der Waals surface area contributed by atoms with Crippen LogP contribution in [0.15, 0.2) is 18.3 Å². The van der Waals surface area contributed by atoms with Gasteiger partial charge in [0.05, 0.1) is 10.0 Å². The van der Waals surface area contributed by atoms with Gasteiger partial charge >= 0.3 is 5.97 Å². The summed E-state index contributed by atoms with van der Waals surface area (Å²) in [4.78, 5) is 30.3. The van der Waals surface area contributed by atoms with Gasteiger partial charge in [-0.3, -0.25) is 4.79 Å². The maximum atomic E-state index is 12.4. The predicted molar refractivity (Wildman–Crippen MR) is 103 cm³/mol. The minimum atomic E-state index is -0.978. The van der Waals surface area contributed by atoms with E-state index in [4.69, 9.17) is 27.9 Å². The normalized spacial score (nSPS) is 17.3. The first kappa shape index (κ1) is 19.1. The standard InChI is InChI=1S/C18H18Cl2N2O3S/c1-9-3-4-14-11(5-9)6-15(26-14)18(24)25-10(2)17(23)22-16-13(20)7-12(19)8-21-16/h6-10H,3-5H2,1-2H3,(H,21,22,23)/t9-,10+/m1/s1. The molecule has 0 bridgehead atoms. The maximum Gasteiger partial charge on any atom is 0.349 e. The van der Waals surface area contributed by atoms with Gasteiger partial charge in [-0.25, -0.2) is 9.78 Å². The minimum Gasteiger partial charge on any atom is -0.448 e. The van der Waals surface area contributed by atoms with Crippen LogP contribution < -0.4 is 5.32 Å². The summed E-state index contributed by atoms with van der Waals surface area (Å²) in [6.07, 6.45) is 3.50. The summed E-state index contributed by atoms with van der Waals surface area (Å²) >= 11 is 13.2. The molecule has 0 aromatic carbocycles. The van der Waals surface area contributed by atoms with Gasteiger partial charge in [0.1, 0.15) is 4.88 Å². The highest BCUT2D eigenvalue weighted by Crippen LogP contribution is 2.32. The topological polar surface area (TPSA) is 68.3 Å². The fourth-order valence-electron chi connectivity index (χ4n) is 2.80. The number of amides is 1. The van der Waals surface area contributed by atoms with E-state index >= 15 is 0 Å². The van der Waals surface area contributed by atoms with Gasteiger partial charge in [-0.15, -0.1) is 11.3 Å². The molecule has 0 spiro atoms. The predicted octanol–water partition coefficient (Wildman–Crippen LogP) is 4.76. The van der Waals surface area contributed by atoms with Crippen molar-refractivity contribution >= 4 is 52.2 Å². The van der Waals surface area contributed by atoms with Gasteiger partial charge in [0.15, 0.2) is 11.9 Å². The number of aromatic nitrogens is 1. The van der Waals surface area contributed by atoms with E-state index < -0.39 is 18.0 Å². The Balaban J connectivity index is 1.62. The molecule has 0 unspecified atom stereocenters. The average Bonchev–Trinajstić information content (AvgIpc) is 3.00. The second-order valence-electron chi connectivity index (χ2n) is 6.43. The van der Waals surface area contributed by atoms with E-state index in [9.17, 15) is 9.59 Å². The molecule has 1 aliphatic carbocycles. The van der Waals surface area contributed by atoms with Crippen molar-refractivity contribution in [3.63, 3.8) is 0 Å². The molecule has 0 saturated heterocycles. The number of hydrogen-bond acceptors (Lipinski definition) is 5. The first-order chi connectivity index (χ1) is 12.3. The summed E-state index contributed by atoms with van der Waals surface area (Å²) in [5.74, 6) is -0.202. The van der Waals surface area contributed by atoms with Crippen LogP contribution in [0.3, 0.4) is 0 Å². The first-order valence-corrected chi connectivity index (χ1v) is 9.85. The van der Waals surface area contributed by atoms with Crippen molar-refractivity contribution < 1.29 is 14.3 Å². The Bertz CT molecular complexity index is 853. The fraction of sp³-hybridized carbons (Fsp3) is 0.389. The molecule has 2 aromatic rings. The smallest absolute Gasteiger partial charge is 0.349 e. The highest BCUT2D eigenvalue weighted by molar-refractivity contribution is 7.14. The molecule has 1 aliphatic rings. The van der Waals surface area contributed by atoms with Gasteiger partial charge < -0.3 is 10.1 Å². The Hall–Kier alpha value is -1.63. The summed E-state index contributed by atoms with van der Waals surface area (Å²) in [6, 6.07) is 3.36. The molecule has 1 N–H and O–H groups in total. The largest absolute Gasteiger partial charge is 0.448 e. The quantitative estimate of drug-likeness (QED) is 0.734. The SMILES string of the molecule is C[C@@H]1CCc2sc(C(=O)O[C@@H](C)C(=O)Nc3ncc(Cl)cc3Cl)cc2C1. The maximum absolute atomic E-state index is 12.4. The molecule has 26 heavy (non-hydrogen) atoms. The Labute approximate surface area is 165 Å². The number of aryl methyl sites for hydroxylation is 1. The highest BCUT2D eigenvalue weighted by Gasteiger charge is 2.24. The number of nitrogens with one attached hydrogen (secondary N) is 1. The molecule has 8 heteroatoms. The molecule has 0 aliphatic heterocycles. The van der Waals surface area contributed by atoms with E-state index in [0.29, 0.717) is 15.8 Å². The summed E-state index contributed by atoms with van der Waals surface area (Å²) in [6.45, 7) is 3.72. The van der Waals surface area contributed by atoms with Crippen molar-refractivity contribution in [2.75, 3.05) is 5.32 Å². The molecule has 2 heterocycles. The van der Waals surface area contributed by atoms with E-state index in [1.165, 1.54) is 41.0 Å². The lowest BCUT2D eigenvalue weighted by atomic mass is 9.90. The van der Waals surface area contributed by atoms with Crippen molar-refractivity contribution in [1.82, 2.24) is 4.98 Å². The number of rotatable bonds is 4. The second-order valence-corrected chi connectivity index (χ2v) is 8.41. The number of nitrogens with zero attached hydrogens (tertiary/aromatic N) is 1. The lowest BCUT2D eigenvalue weighted by molar-refractivity contribution is -0.123. The van der Waals surface area contributed by atoms with Gasteiger partial charge in [0, 0.05) is 11.1 Å². The minimum absolute atomic E-state index is 0.171. The molecular weight excluding hydrogens is 395 g/mol. The molecule has 2 aromatic heterocycles. The number of ether oxygens (including phenoxy) is 1. The van der Waals surface area contributed by atoms with E-state index in [-0.39, 0.29) is 10.8 Å². The van der Waals surface area contributed by atoms with Crippen LogP contribution >= 0.6 is 34.5 Å². The van der Waals surface area contributed by atoms with Crippen molar-refractivity contribution in [2.24, 2.45) is 5.92 Å². The number of hydrogen-bond donors (Lipinski definition) is 1. The molecule has 2 atom stereocenters. The third-order valence-corrected chi connectivity index (χ3v) is 5.94. The third-order valence-electron chi connectivity index (χ3n) is 4.23. The molecule has 0 radical (unpaired) electrons. The highest BCUT2D eigenvalue weighted by atomic mass is 35.5. The summed E-state index contributed by atoms with van der Waals surface area (Å²) in [5, 5.41) is 3.11. The Morgan fingerprint density at radius 1 is 1.38 bits per heavy atom. The molecule has 138 valence electrons. The number of anilines is 1. The lowest BCUT2D eigenvalue weighted by Gasteiger charge is -2.16. The van der Waals surface area contributed by atoms with Crippen LogP contribution in [0.2, 0.25) is 10.0 Å². The first-order valence-electron chi connectivity index (χ1n) is 8.28. The van der Waals surface area contributed by atoms with Crippen molar-refractivity contribution in [2.45, 2.75) is 39.2 Å². The van der Waals surface area contributed by atoms with Crippen LogP contribution in [0.4, 0.5) is 5.82 Å². The zero-order valence-electron chi connectivity index (χ0n) is 14.3. The van der Waals surface area contributed by atoms with Crippen molar-refractivity contribution in [3.05, 3.63) is 43.7 Å². The Morgan fingerprint density at radius 2 is 2.15 bits per heavy atom. The van der Waals surface area contributed by atoms with E-state index in [1.54, 1.807) is 0 Å². The van der Waals surface area contributed by atoms with Crippen LogP contribution in [0.5, 0.6) is 0 Å². The molecule has 3 rings (SSSR count). The third kappa shape index (κ3) is 4.37. The van der Waals surface area contributed by atoms with Gasteiger partial charge in [-0.05, 0) is 49.8 Å². The second kappa shape index (κ2) is 7.94. The van der Waals surface area contributed by atoms with E-state index in [1.807, 2.05) is 6.07 Å². The number of carbonyl (C=O) groups is 2. The van der Waals surface area contributed by atoms with E-state index in [2.05, 4.69) is 17.2 Å². The zero-order valence-corrected chi connectivity index (χ0v) is 16.7. The molecular formula is C18H18Cl2N2O3S. The Kier molecular flexibility index (Phi) is 5.85. The summed E-state index contributed by atoms with van der Waals surface area (Å²) in [5.41, 5.74) is 1.22. The summed E-state index contributed by atoms with van der Waals surface area (Å²) in [7, 11) is 0. The molecule has 5 nitrogen and oxygen atoms in total. The van der Waals surface area contributed by atoms with Gasteiger partial charge in [0.2, 0.25) is 0 Å². The van der Waals surface area contributed by atoms with Gasteiger partial charge in [-0.2, -0.15) is 0 Å². The number of carbonyl (C=O) groups excluding carboxylic acids is 2. The van der Waals surface area contributed by atoms with Crippen LogP contribution in [-0.4, -0.2) is 23.0 Å². The Morgan fingerprint density at radius 3 is 2.88 bits per heavy atom. The number of fused-ring (bicyclic) bond motifs is 1. The number of esters is 1. The van der Waals surface area contributed by atoms with Crippen molar-refractivity contribution in [3.8, 4) is 0 Å². The fourth-order valence-corrected chi connectivity index (χ4v) is 4.32. The molecule has 0 saturated carbocycles. The van der Waals surface area contributed by atoms with Crippen LogP contribution in [-0.2, 0) is 22.4 Å². The molecule has 1 amide bonds. The summed E-state index contributed by atoms with van der Waals surface area (Å²) < 4.78 is 5.30.